The van der Waals surface area contributed by atoms with Crippen molar-refractivity contribution in [3.05, 3.63) is 34.9 Å². The molecule has 4 aromatic rings. The lowest BCUT2D eigenvalue weighted by molar-refractivity contribution is -0.128. The number of carbonyl (C=O) groups is 1. The van der Waals surface area contributed by atoms with Gasteiger partial charge in [-0.15, -0.1) is 0 Å². The minimum absolute atomic E-state index is 0.0136. The second-order valence-corrected chi connectivity index (χ2v) is 9.19. The van der Waals surface area contributed by atoms with Crippen LogP contribution in [0.4, 0.5) is 19.7 Å². The summed E-state index contributed by atoms with van der Waals surface area (Å²) in [6.45, 7) is 2.42. The van der Waals surface area contributed by atoms with Gasteiger partial charge in [-0.05, 0) is 31.0 Å². The Morgan fingerprint density at radius 2 is 2.06 bits per heavy atom. The summed E-state index contributed by atoms with van der Waals surface area (Å²) in [5, 5.41) is 3.74. The van der Waals surface area contributed by atoms with Gasteiger partial charge in [0.15, 0.2) is 10.9 Å². The fraction of sp³-hybridized carbons (Fsp3) is 0.217. The maximum atomic E-state index is 16.0. The largest absolute Gasteiger partial charge is 0.467 e. The van der Waals surface area contributed by atoms with Crippen molar-refractivity contribution in [3.8, 4) is 29.0 Å². The van der Waals surface area contributed by atoms with Crippen LogP contribution in [0.25, 0.3) is 32.2 Å². The summed E-state index contributed by atoms with van der Waals surface area (Å²) in [4.78, 5) is 26.2. The van der Waals surface area contributed by atoms with E-state index < -0.39 is 11.6 Å². The lowest BCUT2D eigenvalue weighted by Crippen LogP contribution is -2.56. The molecule has 3 N–H and O–H groups in total. The number of thiazole rings is 1. The van der Waals surface area contributed by atoms with Crippen LogP contribution in [0, 0.1) is 23.5 Å². The molecule has 1 saturated heterocycles. The summed E-state index contributed by atoms with van der Waals surface area (Å²) in [5.74, 6) is 3.87. The molecule has 2 aromatic heterocycles. The second-order valence-electron chi connectivity index (χ2n) is 7.75. The van der Waals surface area contributed by atoms with Gasteiger partial charge in [-0.2, -0.15) is 9.97 Å². The zero-order valence-electron chi connectivity index (χ0n) is 18.4. The molecule has 12 heteroatoms. The van der Waals surface area contributed by atoms with Gasteiger partial charge < -0.3 is 20.7 Å². The normalized spacial score (nSPS) is 13.5. The van der Waals surface area contributed by atoms with Crippen molar-refractivity contribution in [1.82, 2.24) is 19.9 Å². The van der Waals surface area contributed by atoms with E-state index in [0.29, 0.717) is 24.3 Å². The summed E-state index contributed by atoms with van der Waals surface area (Å²) in [6.07, 6.45) is 0. The number of hydrogen-bond donors (Lipinski definition) is 2. The second kappa shape index (κ2) is 8.79. The molecule has 5 rings (SSSR count). The number of fused-ring (bicyclic) bond motifs is 2. The summed E-state index contributed by atoms with van der Waals surface area (Å²) in [7, 11) is 1.37. The first-order valence-electron chi connectivity index (χ1n) is 10.4. The summed E-state index contributed by atoms with van der Waals surface area (Å²) >= 11 is 7.51. The topological polar surface area (TPSA) is 106 Å². The Hall–Kier alpha value is -3.75. The van der Waals surface area contributed by atoms with Gasteiger partial charge in [0.05, 0.1) is 28.4 Å². The first kappa shape index (κ1) is 23.0. The fourth-order valence-electron chi connectivity index (χ4n) is 3.93. The Labute approximate surface area is 207 Å². The zero-order valence-corrected chi connectivity index (χ0v) is 20.0. The highest BCUT2D eigenvalue weighted by Crippen LogP contribution is 2.42. The van der Waals surface area contributed by atoms with Crippen LogP contribution in [0.3, 0.4) is 0 Å². The predicted molar refractivity (Wildman–Crippen MR) is 131 cm³/mol. The van der Waals surface area contributed by atoms with Gasteiger partial charge in [0, 0.05) is 29.6 Å². The maximum absolute atomic E-state index is 16.0. The van der Waals surface area contributed by atoms with E-state index in [1.54, 1.807) is 11.8 Å². The number of aromatic nitrogens is 3. The molecule has 1 aliphatic rings. The van der Waals surface area contributed by atoms with Gasteiger partial charge in [-0.3, -0.25) is 4.79 Å². The van der Waals surface area contributed by atoms with E-state index in [9.17, 15) is 9.18 Å². The van der Waals surface area contributed by atoms with Gasteiger partial charge in [0.2, 0.25) is 0 Å². The van der Waals surface area contributed by atoms with Crippen LogP contribution in [0.2, 0.25) is 5.02 Å². The molecule has 0 atom stereocenters. The first-order chi connectivity index (χ1) is 16.8. The Kier molecular flexibility index (Phi) is 5.78. The first-order valence-corrected chi connectivity index (χ1v) is 11.6. The van der Waals surface area contributed by atoms with E-state index in [1.165, 1.54) is 25.3 Å². The molecule has 0 bridgehead atoms. The highest BCUT2D eigenvalue weighted by atomic mass is 35.5. The Morgan fingerprint density at radius 1 is 1.29 bits per heavy atom. The molecule has 35 heavy (non-hydrogen) atoms. The van der Waals surface area contributed by atoms with Gasteiger partial charge in [0.1, 0.15) is 17.2 Å². The molecule has 1 aliphatic heterocycles. The number of likely N-dealkylation sites (tertiary alicyclic amines) is 1. The molecule has 0 unspecified atom stereocenters. The van der Waals surface area contributed by atoms with Crippen LogP contribution in [-0.4, -0.2) is 52.0 Å². The Balaban J connectivity index is 1.60. The standard InChI is InChI=1S/C23H17ClF2N6O2S/c1-3-4-15(33)32-8-10(9-32)28-21-12-7-13(24)16(17(26)18(12)30-23(31-21)34-2)11-5-6-14(25)20-19(11)29-22(27)35-20/h5-7,10H,8-9H2,1-2H3,(H2,27,29)(H,28,30,31). The van der Waals surface area contributed by atoms with E-state index in [2.05, 4.69) is 32.1 Å². The van der Waals surface area contributed by atoms with Gasteiger partial charge in [0.25, 0.3) is 5.91 Å². The molecule has 0 spiro atoms. The highest BCUT2D eigenvalue weighted by molar-refractivity contribution is 7.22. The summed E-state index contributed by atoms with van der Waals surface area (Å²) in [6, 6.07) is 3.97. The van der Waals surface area contributed by atoms with E-state index in [1.807, 2.05) is 0 Å². The SMILES string of the molecule is CC#CC(=O)N1CC(Nc2nc(OC)nc3c(F)c(-c4ccc(F)c5sc(N)nc45)c(Cl)cc23)C1. The summed E-state index contributed by atoms with van der Waals surface area (Å²) in [5.41, 5.74) is 6.25. The van der Waals surface area contributed by atoms with Crippen molar-refractivity contribution in [1.29, 1.82) is 0 Å². The molecular formula is C23H17ClF2N6O2S. The lowest BCUT2D eigenvalue weighted by atomic mass is 10.0. The highest BCUT2D eigenvalue weighted by Gasteiger charge is 2.31. The van der Waals surface area contributed by atoms with Crippen LogP contribution in [0.1, 0.15) is 6.92 Å². The number of methoxy groups -OCH3 is 1. The lowest BCUT2D eigenvalue weighted by Gasteiger charge is -2.38. The Morgan fingerprint density at radius 3 is 2.77 bits per heavy atom. The molecule has 0 saturated carbocycles. The average Bonchev–Trinajstić information content (AvgIpc) is 3.20. The van der Waals surface area contributed by atoms with Crippen LogP contribution in [0.15, 0.2) is 18.2 Å². The molecule has 1 amide bonds. The third-order valence-corrected chi connectivity index (χ3v) is 6.76. The predicted octanol–water partition coefficient (Wildman–Crippen LogP) is 4.07. The van der Waals surface area contributed by atoms with Crippen molar-refractivity contribution < 1.29 is 18.3 Å². The van der Waals surface area contributed by atoms with E-state index in [-0.39, 0.29) is 55.0 Å². The van der Waals surface area contributed by atoms with E-state index >= 15 is 4.39 Å². The van der Waals surface area contributed by atoms with Crippen LogP contribution < -0.4 is 15.8 Å². The Bertz CT molecular complexity index is 1580. The number of rotatable bonds is 4. The van der Waals surface area contributed by atoms with Gasteiger partial charge in [-0.25, -0.2) is 13.8 Å². The molecule has 1 fully saturated rings. The number of nitrogens with zero attached hydrogens (tertiary/aromatic N) is 4. The monoisotopic (exact) mass is 514 g/mol. The number of amides is 1. The number of hydrogen-bond acceptors (Lipinski definition) is 8. The van der Waals surface area contributed by atoms with Crippen LogP contribution in [-0.2, 0) is 4.79 Å². The molecule has 178 valence electrons. The number of ether oxygens (including phenoxy) is 1. The van der Waals surface area contributed by atoms with E-state index in [4.69, 9.17) is 22.1 Å². The zero-order chi connectivity index (χ0) is 24.9. The molecule has 0 aliphatic carbocycles. The average molecular weight is 515 g/mol. The number of nitrogen functional groups attached to an aromatic ring is 1. The number of nitrogens with one attached hydrogen (secondary N) is 1. The van der Waals surface area contributed by atoms with Gasteiger partial charge in [-0.1, -0.05) is 28.9 Å². The van der Waals surface area contributed by atoms with Crippen molar-refractivity contribution >= 4 is 60.9 Å². The molecular weight excluding hydrogens is 498 g/mol. The van der Waals surface area contributed by atoms with Crippen molar-refractivity contribution in [3.63, 3.8) is 0 Å². The summed E-state index contributed by atoms with van der Waals surface area (Å²) < 4.78 is 35.6. The van der Waals surface area contributed by atoms with Crippen LogP contribution >= 0.6 is 22.9 Å². The number of benzene rings is 2. The van der Waals surface area contributed by atoms with E-state index in [0.717, 1.165) is 11.3 Å². The number of nitrogens with two attached hydrogens (primary N) is 1. The van der Waals surface area contributed by atoms with Crippen LogP contribution in [0.5, 0.6) is 6.01 Å². The van der Waals surface area contributed by atoms with Crippen molar-refractivity contribution in [2.75, 3.05) is 31.2 Å². The minimum atomic E-state index is -0.737. The van der Waals surface area contributed by atoms with Crippen molar-refractivity contribution in [2.45, 2.75) is 13.0 Å². The number of halogens is 3. The molecule has 0 radical (unpaired) electrons. The third-order valence-electron chi connectivity index (χ3n) is 5.57. The smallest absolute Gasteiger partial charge is 0.318 e. The van der Waals surface area contributed by atoms with Crippen molar-refractivity contribution in [2.24, 2.45) is 0 Å². The molecule has 8 nitrogen and oxygen atoms in total. The number of carbonyl (C=O) groups excluding carboxylic acids is 1. The quantitative estimate of drug-likeness (QED) is 0.395. The minimum Gasteiger partial charge on any atom is -0.467 e. The van der Waals surface area contributed by atoms with Gasteiger partial charge >= 0.3 is 6.01 Å². The fourth-order valence-corrected chi connectivity index (χ4v) is 4.99. The number of anilines is 2. The maximum Gasteiger partial charge on any atom is 0.318 e. The molecule has 2 aromatic carbocycles. The molecule has 3 heterocycles. The third kappa shape index (κ3) is 3.94.